The number of carboxylic acid groups (broad SMARTS) is 3. The van der Waals surface area contributed by atoms with E-state index in [0.29, 0.717) is 0 Å². The maximum absolute atomic E-state index is 12.6. The number of guanidine groups is 1. The number of hydrogen-bond acceptors (Lipinski definition) is 8. The lowest BCUT2D eigenvalue weighted by Crippen LogP contribution is -2.56. The lowest BCUT2D eigenvalue weighted by Gasteiger charge is -2.23. The van der Waals surface area contributed by atoms with Gasteiger partial charge in [0.05, 0.1) is 19.4 Å². The second-order valence-corrected chi connectivity index (χ2v) is 6.43. The first kappa shape index (κ1) is 28.0. The summed E-state index contributed by atoms with van der Waals surface area (Å²) in [5.41, 5.74) is 15.6. The Bertz CT molecular complexity index is 752. The molecule has 0 rings (SSSR count). The second kappa shape index (κ2) is 14.1. The van der Waals surface area contributed by atoms with Gasteiger partial charge in [-0.25, -0.2) is 4.79 Å². The highest BCUT2D eigenvalue weighted by atomic mass is 16.4. The molecule has 0 radical (unpaired) electrons. The van der Waals surface area contributed by atoms with Gasteiger partial charge in [-0.05, 0) is 12.8 Å². The summed E-state index contributed by atoms with van der Waals surface area (Å²) in [4.78, 5) is 73.2. The molecule has 0 spiro atoms. The van der Waals surface area contributed by atoms with Gasteiger partial charge in [-0.2, -0.15) is 0 Å². The average molecular weight is 461 g/mol. The molecule has 0 aromatic heterocycles. The topological polar surface area (TPSA) is 290 Å². The fraction of sp³-hybridized carbons (Fsp3) is 0.562. The van der Waals surface area contributed by atoms with E-state index in [1.54, 1.807) is 0 Å². The summed E-state index contributed by atoms with van der Waals surface area (Å²) < 4.78 is 0. The fourth-order valence-electron chi connectivity index (χ4n) is 2.33. The van der Waals surface area contributed by atoms with Crippen molar-refractivity contribution in [2.75, 3.05) is 13.1 Å². The zero-order valence-corrected chi connectivity index (χ0v) is 16.9. The van der Waals surface area contributed by atoms with Crippen LogP contribution in [0.3, 0.4) is 0 Å². The number of nitrogens with zero attached hydrogens (tertiary/aromatic N) is 1. The molecule has 0 aliphatic rings. The van der Waals surface area contributed by atoms with Crippen LogP contribution >= 0.6 is 0 Å². The molecule has 0 bridgehead atoms. The molecule has 0 aromatic carbocycles. The predicted octanol–water partition coefficient (Wildman–Crippen LogP) is -4.51. The first-order valence-corrected chi connectivity index (χ1v) is 9.19. The van der Waals surface area contributed by atoms with Crippen molar-refractivity contribution in [2.24, 2.45) is 22.2 Å². The quantitative estimate of drug-likeness (QED) is 0.0633. The van der Waals surface area contributed by atoms with Crippen LogP contribution in [0.15, 0.2) is 4.99 Å². The molecule has 0 unspecified atom stereocenters. The fourth-order valence-corrected chi connectivity index (χ4v) is 2.33. The van der Waals surface area contributed by atoms with E-state index in [2.05, 4.69) is 15.6 Å². The molecule has 0 aliphatic carbocycles. The van der Waals surface area contributed by atoms with Gasteiger partial charge in [0, 0.05) is 6.54 Å². The van der Waals surface area contributed by atoms with Crippen molar-refractivity contribution in [3.05, 3.63) is 0 Å². The van der Waals surface area contributed by atoms with Gasteiger partial charge in [0.2, 0.25) is 17.7 Å². The Morgan fingerprint density at radius 2 is 1.28 bits per heavy atom. The Labute approximate surface area is 181 Å². The van der Waals surface area contributed by atoms with Crippen LogP contribution in [-0.2, 0) is 28.8 Å². The van der Waals surface area contributed by atoms with Crippen molar-refractivity contribution >= 4 is 41.6 Å². The van der Waals surface area contributed by atoms with Gasteiger partial charge < -0.3 is 48.5 Å². The number of carboxylic acids is 3. The minimum absolute atomic E-state index is 0.00741. The normalized spacial score (nSPS) is 13.0. The number of hydrogen-bond donors (Lipinski definition) is 9. The number of aliphatic imine (C=N–C) groups is 1. The molecule has 0 heterocycles. The Balaban J connectivity index is 5.42. The summed E-state index contributed by atoms with van der Waals surface area (Å²) in [5, 5.41) is 33.1. The Morgan fingerprint density at radius 3 is 1.75 bits per heavy atom. The Kier molecular flexibility index (Phi) is 12.4. The van der Waals surface area contributed by atoms with Gasteiger partial charge >= 0.3 is 17.9 Å². The number of nitrogens with one attached hydrogen (secondary N) is 3. The van der Waals surface area contributed by atoms with Crippen LogP contribution in [0.2, 0.25) is 0 Å². The van der Waals surface area contributed by atoms with Gasteiger partial charge in [0.25, 0.3) is 0 Å². The molecule has 3 atom stereocenters. The second-order valence-electron chi connectivity index (χ2n) is 6.43. The Morgan fingerprint density at radius 1 is 0.781 bits per heavy atom. The number of carbonyl (C=O) groups is 6. The summed E-state index contributed by atoms with van der Waals surface area (Å²) in [7, 11) is 0. The van der Waals surface area contributed by atoms with Crippen LogP contribution in [0.4, 0.5) is 0 Å². The van der Waals surface area contributed by atoms with E-state index in [0.717, 1.165) is 0 Å². The van der Waals surface area contributed by atoms with Crippen molar-refractivity contribution in [1.82, 2.24) is 16.0 Å². The Hall–Kier alpha value is -3.95. The summed E-state index contributed by atoms with van der Waals surface area (Å²) in [6.45, 7) is -0.342. The van der Waals surface area contributed by atoms with Crippen LogP contribution in [-0.4, -0.2) is 88.1 Å². The predicted molar refractivity (Wildman–Crippen MR) is 107 cm³/mol. The zero-order valence-electron chi connectivity index (χ0n) is 16.9. The van der Waals surface area contributed by atoms with Crippen molar-refractivity contribution in [3.8, 4) is 0 Å². The van der Waals surface area contributed by atoms with Crippen LogP contribution in [0.1, 0.15) is 25.7 Å². The molecule has 12 N–H and O–H groups in total. The highest BCUT2D eigenvalue weighted by molar-refractivity contribution is 5.95. The van der Waals surface area contributed by atoms with Gasteiger partial charge in [0.15, 0.2) is 5.96 Å². The molecule has 0 aromatic rings. The van der Waals surface area contributed by atoms with Gasteiger partial charge in [0.1, 0.15) is 18.1 Å². The van der Waals surface area contributed by atoms with Crippen LogP contribution in [0.5, 0.6) is 0 Å². The molecule has 180 valence electrons. The molecule has 3 amide bonds. The summed E-state index contributed by atoms with van der Waals surface area (Å²) in [5.74, 6) is -7.80. The van der Waals surface area contributed by atoms with E-state index in [4.69, 9.17) is 32.5 Å². The van der Waals surface area contributed by atoms with E-state index in [1.165, 1.54) is 0 Å². The first-order valence-electron chi connectivity index (χ1n) is 9.19. The molecular weight excluding hydrogens is 434 g/mol. The van der Waals surface area contributed by atoms with E-state index in [-0.39, 0.29) is 25.3 Å². The standard InChI is InChI=1S/C16H27N7O9/c17-6-10(24)21-7(2-1-3-20-16(18)19)13(29)22-8(4-11(25)26)14(30)23-9(15(31)32)5-12(27)28/h7-9H,1-6,17H2,(H,21,24)(H,22,29)(H,23,30)(H,25,26)(H,27,28)(H,31,32)(H4,18,19,20)/t7-,8-,9-/m0/s1. The maximum atomic E-state index is 12.6. The molecular formula is C16H27N7O9. The number of rotatable bonds is 15. The summed E-state index contributed by atoms with van der Waals surface area (Å²) >= 11 is 0. The van der Waals surface area contributed by atoms with E-state index >= 15 is 0 Å². The van der Waals surface area contributed by atoms with Crippen LogP contribution < -0.4 is 33.2 Å². The van der Waals surface area contributed by atoms with Crippen molar-refractivity contribution in [2.45, 2.75) is 43.8 Å². The molecule has 0 aliphatic heterocycles. The van der Waals surface area contributed by atoms with E-state index < -0.39 is 73.1 Å². The third-order valence-corrected chi connectivity index (χ3v) is 3.79. The largest absolute Gasteiger partial charge is 0.481 e. The van der Waals surface area contributed by atoms with E-state index in [1.807, 2.05) is 5.32 Å². The molecule has 0 fully saturated rings. The molecule has 32 heavy (non-hydrogen) atoms. The monoisotopic (exact) mass is 461 g/mol. The van der Waals surface area contributed by atoms with Crippen LogP contribution in [0, 0.1) is 0 Å². The van der Waals surface area contributed by atoms with Gasteiger partial charge in [-0.3, -0.25) is 29.0 Å². The first-order chi connectivity index (χ1) is 14.9. The third-order valence-electron chi connectivity index (χ3n) is 3.79. The number of aliphatic carboxylic acids is 3. The highest BCUT2D eigenvalue weighted by Crippen LogP contribution is 2.03. The summed E-state index contributed by atoms with van der Waals surface area (Å²) in [6, 6.07) is -4.86. The molecule has 0 saturated heterocycles. The van der Waals surface area contributed by atoms with E-state index in [9.17, 15) is 28.8 Å². The minimum Gasteiger partial charge on any atom is -0.481 e. The van der Waals surface area contributed by atoms with Crippen molar-refractivity contribution in [1.29, 1.82) is 0 Å². The van der Waals surface area contributed by atoms with Gasteiger partial charge in [-0.15, -0.1) is 0 Å². The average Bonchev–Trinajstić information content (AvgIpc) is 2.67. The van der Waals surface area contributed by atoms with Crippen molar-refractivity contribution in [3.63, 3.8) is 0 Å². The lowest BCUT2D eigenvalue weighted by molar-refractivity contribution is -0.148. The third kappa shape index (κ3) is 11.9. The molecule has 16 heteroatoms. The SMILES string of the molecule is NCC(=O)N[C@@H](CCCN=C(N)N)C(=O)N[C@@H](CC(=O)O)C(=O)N[C@@H](CC(=O)O)C(=O)O. The zero-order chi connectivity index (χ0) is 24.8. The van der Waals surface area contributed by atoms with Gasteiger partial charge in [-0.1, -0.05) is 0 Å². The molecule has 0 saturated carbocycles. The summed E-state index contributed by atoms with van der Waals surface area (Å²) in [6.07, 6.45) is -1.71. The number of carbonyl (C=O) groups excluding carboxylic acids is 3. The smallest absolute Gasteiger partial charge is 0.326 e. The highest BCUT2D eigenvalue weighted by Gasteiger charge is 2.31. The van der Waals surface area contributed by atoms with Crippen molar-refractivity contribution < 1.29 is 44.1 Å². The lowest BCUT2D eigenvalue weighted by atomic mass is 10.1. The number of amides is 3. The molecule has 16 nitrogen and oxygen atoms in total. The minimum atomic E-state index is -1.86. The maximum Gasteiger partial charge on any atom is 0.326 e. The van der Waals surface area contributed by atoms with Crippen LogP contribution in [0.25, 0.3) is 0 Å². The number of nitrogens with two attached hydrogens (primary N) is 3.